The minimum atomic E-state index is 0.466. The summed E-state index contributed by atoms with van der Waals surface area (Å²) in [6, 6.07) is 9.06. The van der Waals surface area contributed by atoms with E-state index in [0.29, 0.717) is 17.4 Å². The molecular formula is C24H36O. The number of unbranched alkanes of at least 4 members (excludes halogenated alkanes) is 2. The summed E-state index contributed by atoms with van der Waals surface area (Å²) in [6.07, 6.45) is 19.4. The van der Waals surface area contributed by atoms with Crippen LogP contribution >= 0.6 is 0 Å². The molecule has 3 saturated carbocycles. The quantitative estimate of drug-likeness (QED) is 0.341. The molecule has 0 spiro atoms. The summed E-state index contributed by atoms with van der Waals surface area (Å²) >= 11 is 0. The van der Waals surface area contributed by atoms with Gasteiger partial charge in [0.25, 0.3) is 0 Å². The van der Waals surface area contributed by atoms with Gasteiger partial charge < -0.3 is 4.74 Å². The molecule has 3 fully saturated rings. The predicted molar refractivity (Wildman–Crippen MR) is 107 cm³/mol. The fraction of sp³-hybridized carbons (Fsp3) is 0.667. The van der Waals surface area contributed by atoms with Crippen LogP contribution in [0.5, 0.6) is 5.75 Å². The normalized spacial score (nSPS) is 28.6. The smallest absolute Gasteiger partial charge is 0.119 e. The molecule has 0 radical (unpaired) electrons. The Hall–Kier alpha value is -1.24. The van der Waals surface area contributed by atoms with E-state index in [4.69, 9.17) is 4.74 Å². The van der Waals surface area contributed by atoms with Crippen LogP contribution in [-0.2, 0) is 5.41 Å². The Balaban J connectivity index is 1.54. The van der Waals surface area contributed by atoms with E-state index in [2.05, 4.69) is 50.3 Å². The van der Waals surface area contributed by atoms with E-state index in [0.717, 1.165) is 5.75 Å². The minimum absolute atomic E-state index is 0.466. The molecule has 0 N–H and O–H groups in total. The molecule has 0 atom stereocenters. The molecule has 4 rings (SSSR count). The zero-order valence-electron chi connectivity index (χ0n) is 16.4. The molecule has 3 aliphatic rings. The zero-order valence-corrected chi connectivity index (χ0v) is 16.4. The fourth-order valence-electron chi connectivity index (χ4n) is 5.16. The monoisotopic (exact) mass is 340 g/mol. The van der Waals surface area contributed by atoms with Crippen molar-refractivity contribution in [3.8, 4) is 5.75 Å². The Kier molecular flexibility index (Phi) is 6.25. The molecule has 0 aliphatic heterocycles. The van der Waals surface area contributed by atoms with Crippen LogP contribution in [0.1, 0.15) is 90.0 Å². The number of benzene rings is 1. The standard InChI is InChI=1S/C24H36O/c1-3-5-6-7-8-20-25-22-11-9-21(10-12-22)24-17-14-23(13-4-2,15-18-24)16-19-24/h7-12H,3-6,13-20H2,1-2H3/b8-7+. The summed E-state index contributed by atoms with van der Waals surface area (Å²) in [4.78, 5) is 0. The molecule has 0 heterocycles. The van der Waals surface area contributed by atoms with Crippen molar-refractivity contribution in [2.24, 2.45) is 5.41 Å². The van der Waals surface area contributed by atoms with Gasteiger partial charge in [-0.05, 0) is 79.9 Å². The van der Waals surface area contributed by atoms with Crippen LogP contribution in [0.15, 0.2) is 36.4 Å². The Bertz CT molecular complexity index is 529. The average molecular weight is 341 g/mol. The van der Waals surface area contributed by atoms with E-state index in [9.17, 15) is 0 Å². The van der Waals surface area contributed by atoms with Gasteiger partial charge in [-0.1, -0.05) is 57.4 Å². The molecule has 0 saturated heterocycles. The Morgan fingerprint density at radius 1 is 0.880 bits per heavy atom. The van der Waals surface area contributed by atoms with E-state index in [1.54, 1.807) is 5.56 Å². The first-order valence-electron chi connectivity index (χ1n) is 10.6. The third kappa shape index (κ3) is 4.30. The van der Waals surface area contributed by atoms with Crippen molar-refractivity contribution in [1.82, 2.24) is 0 Å². The first-order chi connectivity index (χ1) is 12.2. The largest absolute Gasteiger partial charge is 0.490 e. The number of ether oxygens (including phenoxy) is 1. The summed E-state index contributed by atoms with van der Waals surface area (Å²) in [5, 5.41) is 0. The molecule has 25 heavy (non-hydrogen) atoms. The van der Waals surface area contributed by atoms with E-state index in [1.165, 1.54) is 70.6 Å². The maximum atomic E-state index is 5.87. The molecule has 2 bridgehead atoms. The second kappa shape index (κ2) is 8.43. The van der Waals surface area contributed by atoms with Gasteiger partial charge in [0, 0.05) is 0 Å². The lowest BCUT2D eigenvalue weighted by Crippen LogP contribution is -2.44. The number of rotatable bonds is 9. The van der Waals surface area contributed by atoms with Gasteiger partial charge in [0.2, 0.25) is 0 Å². The summed E-state index contributed by atoms with van der Waals surface area (Å²) < 4.78 is 5.87. The van der Waals surface area contributed by atoms with Crippen molar-refractivity contribution < 1.29 is 4.74 Å². The first-order valence-corrected chi connectivity index (χ1v) is 10.6. The van der Waals surface area contributed by atoms with Gasteiger partial charge in [-0.15, -0.1) is 0 Å². The lowest BCUT2D eigenvalue weighted by atomic mass is 9.51. The van der Waals surface area contributed by atoms with Crippen LogP contribution < -0.4 is 4.74 Å². The SMILES string of the molecule is CCCC/C=C/COc1ccc(C23CCC(CCC)(CC2)CC3)cc1. The van der Waals surface area contributed by atoms with Crippen molar-refractivity contribution in [3.05, 3.63) is 42.0 Å². The maximum Gasteiger partial charge on any atom is 0.119 e. The summed E-state index contributed by atoms with van der Waals surface area (Å²) in [7, 11) is 0. The third-order valence-electron chi connectivity index (χ3n) is 6.89. The van der Waals surface area contributed by atoms with Crippen molar-refractivity contribution in [1.29, 1.82) is 0 Å². The van der Waals surface area contributed by atoms with Gasteiger partial charge in [-0.25, -0.2) is 0 Å². The zero-order chi connectivity index (χ0) is 17.6. The molecule has 1 aromatic rings. The highest BCUT2D eigenvalue weighted by atomic mass is 16.5. The van der Waals surface area contributed by atoms with Crippen molar-refractivity contribution >= 4 is 0 Å². The second-order valence-electron chi connectivity index (χ2n) is 8.48. The maximum absolute atomic E-state index is 5.87. The minimum Gasteiger partial charge on any atom is -0.490 e. The topological polar surface area (TPSA) is 9.23 Å². The van der Waals surface area contributed by atoms with E-state index < -0.39 is 0 Å². The van der Waals surface area contributed by atoms with Gasteiger partial charge in [0.1, 0.15) is 12.4 Å². The summed E-state index contributed by atoms with van der Waals surface area (Å²) in [6.45, 7) is 5.27. The molecule has 1 heteroatoms. The molecule has 1 aromatic carbocycles. The molecule has 138 valence electrons. The molecule has 0 aromatic heterocycles. The fourth-order valence-corrected chi connectivity index (χ4v) is 5.16. The van der Waals surface area contributed by atoms with Crippen molar-refractivity contribution in [3.63, 3.8) is 0 Å². The van der Waals surface area contributed by atoms with Gasteiger partial charge in [-0.3, -0.25) is 0 Å². The van der Waals surface area contributed by atoms with E-state index in [1.807, 2.05) is 0 Å². The van der Waals surface area contributed by atoms with Crippen LogP contribution in [0.25, 0.3) is 0 Å². The number of hydrogen-bond acceptors (Lipinski definition) is 1. The molecule has 0 unspecified atom stereocenters. The highest BCUT2D eigenvalue weighted by Crippen LogP contribution is 2.59. The lowest BCUT2D eigenvalue weighted by molar-refractivity contribution is 0.0320. The summed E-state index contributed by atoms with van der Waals surface area (Å²) in [5.41, 5.74) is 2.72. The second-order valence-corrected chi connectivity index (χ2v) is 8.48. The lowest BCUT2D eigenvalue weighted by Gasteiger charge is -2.54. The highest BCUT2D eigenvalue weighted by molar-refractivity contribution is 5.34. The summed E-state index contributed by atoms with van der Waals surface area (Å²) in [5.74, 6) is 1.01. The molecule has 1 nitrogen and oxygen atoms in total. The van der Waals surface area contributed by atoms with Gasteiger partial charge in [0.05, 0.1) is 0 Å². The number of hydrogen-bond donors (Lipinski definition) is 0. The van der Waals surface area contributed by atoms with Gasteiger partial charge in [-0.2, -0.15) is 0 Å². The Morgan fingerprint density at radius 3 is 2.16 bits per heavy atom. The number of fused-ring (bicyclic) bond motifs is 3. The van der Waals surface area contributed by atoms with E-state index in [-0.39, 0.29) is 0 Å². The van der Waals surface area contributed by atoms with Gasteiger partial charge in [0.15, 0.2) is 0 Å². The van der Waals surface area contributed by atoms with Crippen LogP contribution in [0, 0.1) is 5.41 Å². The Labute approximate surface area is 154 Å². The van der Waals surface area contributed by atoms with Crippen molar-refractivity contribution in [2.45, 2.75) is 89.9 Å². The number of allylic oxidation sites excluding steroid dienone is 1. The van der Waals surface area contributed by atoms with Gasteiger partial charge >= 0.3 is 0 Å². The predicted octanol–water partition coefficient (Wildman–Crippen LogP) is 7.20. The third-order valence-corrected chi connectivity index (χ3v) is 6.89. The van der Waals surface area contributed by atoms with Crippen LogP contribution in [0.4, 0.5) is 0 Å². The molecule has 3 aliphatic carbocycles. The Morgan fingerprint density at radius 2 is 1.56 bits per heavy atom. The first kappa shape index (κ1) is 18.5. The molecular weight excluding hydrogens is 304 g/mol. The van der Waals surface area contributed by atoms with Crippen molar-refractivity contribution in [2.75, 3.05) is 6.61 Å². The van der Waals surface area contributed by atoms with E-state index >= 15 is 0 Å². The van der Waals surface area contributed by atoms with Crippen LogP contribution in [0.2, 0.25) is 0 Å². The highest BCUT2D eigenvalue weighted by Gasteiger charge is 2.48. The van der Waals surface area contributed by atoms with Crippen LogP contribution in [0.3, 0.4) is 0 Å². The molecule has 0 amide bonds. The average Bonchev–Trinajstić information content (AvgIpc) is 2.67. The van der Waals surface area contributed by atoms with Crippen LogP contribution in [-0.4, -0.2) is 6.61 Å².